The Bertz CT molecular complexity index is 1420. The number of hydrogen-bond acceptors (Lipinski definition) is 5. The van der Waals surface area contributed by atoms with Gasteiger partial charge in [0.2, 0.25) is 9.84 Å². The molecule has 1 N–H and O–H groups in total. The monoisotopic (exact) mass is 510 g/mol. The third kappa shape index (κ3) is 4.66. The fourth-order valence-electron chi connectivity index (χ4n) is 4.27. The molecule has 0 bridgehead atoms. The first-order valence-corrected chi connectivity index (χ1v) is 12.8. The zero-order valence-corrected chi connectivity index (χ0v) is 21.2. The third-order valence-corrected chi connectivity index (χ3v) is 7.99. The second-order valence-corrected chi connectivity index (χ2v) is 10.4. The van der Waals surface area contributed by atoms with E-state index in [1.807, 2.05) is 19.1 Å². The summed E-state index contributed by atoms with van der Waals surface area (Å²) in [6.07, 6.45) is 2.34. The molecule has 1 unspecified atom stereocenters. The molecule has 0 spiro atoms. The molecule has 1 aliphatic rings. The molecule has 1 aliphatic heterocycles. The number of amides is 2. The highest BCUT2D eigenvalue weighted by Gasteiger charge is 2.27. The Morgan fingerprint density at radius 3 is 2.08 bits per heavy atom. The summed E-state index contributed by atoms with van der Waals surface area (Å²) in [5, 5.41) is 2.67. The van der Waals surface area contributed by atoms with Gasteiger partial charge in [-0.3, -0.25) is 4.90 Å². The quantitative estimate of drug-likeness (QED) is 0.505. The molecule has 9 heteroatoms. The molecule has 0 saturated heterocycles. The number of carbonyl (C=O) groups is 1. The highest BCUT2D eigenvalue weighted by atomic mass is 32.2. The van der Waals surface area contributed by atoms with E-state index < -0.39 is 15.7 Å². The standard InChI is InChI=1S/C27H27FN2O5S/c1-17-13-19-14-25(34-3)26(35-4)15-23(19)24(16-30(17)27(31)29-2)18-5-9-21(10-6-18)36(32,33)22-11-7-20(28)8-12-22/h5-12,14-17H,13H2,1-4H3,(H,29,31). The largest absolute Gasteiger partial charge is 0.493 e. The van der Waals surface area contributed by atoms with Gasteiger partial charge in [-0.05, 0) is 78.6 Å². The van der Waals surface area contributed by atoms with E-state index in [9.17, 15) is 17.6 Å². The Kier molecular flexibility index (Phi) is 7.03. The van der Waals surface area contributed by atoms with E-state index in [0.29, 0.717) is 23.5 Å². The summed E-state index contributed by atoms with van der Waals surface area (Å²) in [7, 11) is 0.869. The lowest BCUT2D eigenvalue weighted by Gasteiger charge is -2.24. The maximum Gasteiger partial charge on any atom is 0.321 e. The summed E-state index contributed by atoms with van der Waals surface area (Å²) in [6.45, 7) is 1.95. The number of hydrogen-bond donors (Lipinski definition) is 1. The van der Waals surface area contributed by atoms with Crippen LogP contribution in [0, 0.1) is 5.82 Å². The zero-order valence-electron chi connectivity index (χ0n) is 20.4. The highest BCUT2D eigenvalue weighted by molar-refractivity contribution is 7.91. The number of nitrogens with zero attached hydrogens (tertiary/aromatic N) is 1. The highest BCUT2D eigenvalue weighted by Crippen LogP contribution is 2.39. The van der Waals surface area contributed by atoms with Crippen LogP contribution in [0.2, 0.25) is 0 Å². The first-order chi connectivity index (χ1) is 17.2. The topological polar surface area (TPSA) is 84.9 Å². The second kappa shape index (κ2) is 10.0. The number of rotatable bonds is 5. The lowest BCUT2D eigenvalue weighted by Crippen LogP contribution is -2.40. The molecule has 3 aromatic rings. The molecule has 3 aromatic carbocycles. The van der Waals surface area contributed by atoms with Crippen LogP contribution in [-0.2, 0) is 16.3 Å². The van der Waals surface area contributed by atoms with Crippen LogP contribution in [-0.4, -0.2) is 46.7 Å². The number of carbonyl (C=O) groups excluding carboxylic acids is 1. The van der Waals surface area contributed by atoms with E-state index in [0.717, 1.165) is 28.8 Å². The third-order valence-electron chi connectivity index (χ3n) is 6.21. The smallest absolute Gasteiger partial charge is 0.321 e. The number of benzene rings is 3. The Balaban J connectivity index is 1.84. The van der Waals surface area contributed by atoms with Crippen molar-refractivity contribution in [3.63, 3.8) is 0 Å². The van der Waals surface area contributed by atoms with Gasteiger partial charge in [0, 0.05) is 24.9 Å². The van der Waals surface area contributed by atoms with Gasteiger partial charge in [0.05, 0.1) is 24.0 Å². The van der Waals surface area contributed by atoms with Crippen molar-refractivity contribution >= 4 is 21.4 Å². The predicted octanol–water partition coefficient (Wildman–Crippen LogP) is 4.65. The fraction of sp³-hybridized carbons (Fsp3) is 0.222. The average molecular weight is 511 g/mol. The Morgan fingerprint density at radius 2 is 1.53 bits per heavy atom. The lowest BCUT2D eigenvalue weighted by molar-refractivity contribution is 0.205. The molecule has 4 rings (SSSR count). The van der Waals surface area contributed by atoms with Crippen LogP contribution in [0.4, 0.5) is 9.18 Å². The minimum atomic E-state index is -3.82. The number of halogens is 1. The fourth-order valence-corrected chi connectivity index (χ4v) is 5.54. The Labute approximate surface area is 210 Å². The molecule has 0 aromatic heterocycles. The molecule has 0 saturated carbocycles. The van der Waals surface area contributed by atoms with E-state index in [1.54, 1.807) is 44.5 Å². The normalized spacial score (nSPS) is 15.4. The first kappa shape index (κ1) is 25.2. The molecule has 2 amide bonds. The van der Waals surface area contributed by atoms with Gasteiger partial charge >= 0.3 is 6.03 Å². The minimum Gasteiger partial charge on any atom is -0.493 e. The van der Waals surface area contributed by atoms with Gasteiger partial charge in [-0.1, -0.05) is 12.1 Å². The second-order valence-electron chi connectivity index (χ2n) is 8.40. The molecule has 0 aliphatic carbocycles. The van der Waals surface area contributed by atoms with Crippen LogP contribution < -0.4 is 14.8 Å². The number of urea groups is 1. The molecule has 1 atom stereocenters. The van der Waals surface area contributed by atoms with Crippen molar-refractivity contribution in [3.05, 3.63) is 89.4 Å². The molecule has 36 heavy (non-hydrogen) atoms. The summed E-state index contributed by atoms with van der Waals surface area (Å²) in [5.74, 6) is 0.612. The molecule has 1 heterocycles. The van der Waals surface area contributed by atoms with Crippen molar-refractivity contribution in [1.82, 2.24) is 10.2 Å². The molecule has 0 fully saturated rings. The van der Waals surface area contributed by atoms with E-state index in [1.165, 1.54) is 24.3 Å². The molecular formula is C27H27FN2O5S. The molecular weight excluding hydrogens is 483 g/mol. The summed E-state index contributed by atoms with van der Waals surface area (Å²) < 4.78 is 50.4. The van der Waals surface area contributed by atoms with Crippen LogP contribution in [0.5, 0.6) is 11.5 Å². The number of fused-ring (bicyclic) bond motifs is 1. The SMILES string of the molecule is CNC(=O)N1C=C(c2ccc(S(=O)(=O)c3ccc(F)cc3)cc2)c2cc(OC)c(OC)cc2CC1C. The lowest BCUT2D eigenvalue weighted by atomic mass is 9.92. The van der Waals surface area contributed by atoms with Gasteiger partial charge in [-0.25, -0.2) is 17.6 Å². The van der Waals surface area contributed by atoms with Gasteiger partial charge < -0.3 is 14.8 Å². The van der Waals surface area contributed by atoms with E-state index in [4.69, 9.17) is 9.47 Å². The average Bonchev–Trinajstić information content (AvgIpc) is 3.03. The van der Waals surface area contributed by atoms with Crippen molar-refractivity contribution in [1.29, 1.82) is 0 Å². The molecule has 188 valence electrons. The molecule has 0 radical (unpaired) electrons. The summed E-state index contributed by atoms with van der Waals surface area (Å²) in [6, 6.07) is 14.5. The van der Waals surface area contributed by atoms with E-state index in [2.05, 4.69) is 5.32 Å². The first-order valence-electron chi connectivity index (χ1n) is 11.3. The number of methoxy groups -OCH3 is 2. The maximum absolute atomic E-state index is 13.3. The van der Waals surface area contributed by atoms with Crippen LogP contribution in [0.25, 0.3) is 5.57 Å². The van der Waals surface area contributed by atoms with Crippen molar-refractivity contribution in [2.45, 2.75) is 29.2 Å². The van der Waals surface area contributed by atoms with Crippen LogP contribution >= 0.6 is 0 Å². The van der Waals surface area contributed by atoms with Gasteiger partial charge in [0.15, 0.2) is 11.5 Å². The molecule has 7 nitrogen and oxygen atoms in total. The number of sulfone groups is 1. The predicted molar refractivity (Wildman–Crippen MR) is 134 cm³/mol. The van der Waals surface area contributed by atoms with Crippen LogP contribution in [0.3, 0.4) is 0 Å². The van der Waals surface area contributed by atoms with Gasteiger partial charge in [-0.2, -0.15) is 0 Å². The van der Waals surface area contributed by atoms with Crippen molar-refractivity contribution in [3.8, 4) is 11.5 Å². The number of nitrogens with one attached hydrogen (secondary N) is 1. The van der Waals surface area contributed by atoms with Crippen LogP contribution in [0.1, 0.15) is 23.6 Å². The van der Waals surface area contributed by atoms with E-state index >= 15 is 0 Å². The number of ether oxygens (including phenoxy) is 2. The van der Waals surface area contributed by atoms with Crippen molar-refractivity contribution in [2.24, 2.45) is 0 Å². The van der Waals surface area contributed by atoms with Crippen LogP contribution in [0.15, 0.2) is 76.7 Å². The Hall–Kier alpha value is -3.85. The summed E-state index contributed by atoms with van der Waals surface area (Å²) >= 11 is 0. The Morgan fingerprint density at radius 1 is 0.972 bits per heavy atom. The zero-order chi connectivity index (χ0) is 26.0. The van der Waals surface area contributed by atoms with Gasteiger partial charge in [-0.15, -0.1) is 0 Å². The van der Waals surface area contributed by atoms with Crippen molar-refractivity contribution in [2.75, 3.05) is 21.3 Å². The minimum absolute atomic E-state index is 0.00660. The van der Waals surface area contributed by atoms with E-state index in [-0.39, 0.29) is 21.9 Å². The van der Waals surface area contributed by atoms with Crippen molar-refractivity contribution < 1.29 is 27.1 Å². The maximum atomic E-state index is 13.3. The summed E-state index contributed by atoms with van der Waals surface area (Å²) in [5.41, 5.74) is 3.25. The van der Waals surface area contributed by atoms with Gasteiger partial charge in [0.1, 0.15) is 5.82 Å². The summed E-state index contributed by atoms with van der Waals surface area (Å²) in [4.78, 5) is 14.4. The van der Waals surface area contributed by atoms with Gasteiger partial charge in [0.25, 0.3) is 0 Å².